The Morgan fingerprint density at radius 3 is 2.28 bits per heavy atom. The van der Waals surface area contributed by atoms with Gasteiger partial charge in [0.05, 0.1) is 6.42 Å². The summed E-state index contributed by atoms with van der Waals surface area (Å²) in [5.74, 6) is -1.91. The van der Waals surface area contributed by atoms with Gasteiger partial charge in [0.25, 0.3) is 0 Å². The van der Waals surface area contributed by atoms with Crippen LogP contribution in [0.15, 0.2) is 0 Å². The molecule has 7 heteroatoms. The number of aliphatic carboxylic acids is 1. The molecule has 0 heterocycles. The van der Waals surface area contributed by atoms with Gasteiger partial charge in [0.1, 0.15) is 5.60 Å². The van der Waals surface area contributed by atoms with Gasteiger partial charge < -0.3 is 19.9 Å². The third-order valence-electron chi connectivity index (χ3n) is 1.65. The highest BCUT2D eigenvalue weighted by Crippen LogP contribution is 2.06. The molecule has 1 atom stereocenters. The SMILES string of the molecule is C[C@H](OC(=O)CCNC(=O)OC(C)(C)C)C(=O)O. The molecule has 0 saturated heterocycles. The molecule has 18 heavy (non-hydrogen) atoms. The van der Waals surface area contributed by atoms with Gasteiger partial charge in [-0.1, -0.05) is 0 Å². The third-order valence-corrected chi connectivity index (χ3v) is 1.65. The Balaban J connectivity index is 3.82. The monoisotopic (exact) mass is 261 g/mol. The van der Waals surface area contributed by atoms with Gasteiger partial charge in [0.2, 0.25) is 0 Å². The number of carboxylic acid groups (broad SMARTS) is 1. The molecule has 0 aromatic heterocycles. The summed E-state index contributed by atoms with van der Waals surface area (Å²) in [6.07, 6.45) is -1.95. The summed E-state index contributed by atoms with van der Waals surface area (Å²) in [4.78, 5) is 32.7. The lowest BCUT2D eigenvalue weighted by atomic mass is 10.2. The van der Waals surface area contributed by atoms with Gasteiger partial charge in [-0.05, 0) is 27.7 Å². The Bertz CT molecular complexity index is 320. The maximum Gasteiger partial charge on any atom is 0.407 e. The number of carbonyl (C=O) groups is 3. The van der Waals surface area contributed by atoms with E-state index < -0.39 is 29.7 Å². The number of nitrogens with one attached hydrogen (secondary N) is 1. The second-order valence-corrected chi connectivity index (χ2v) is 4.65. The van der Waals surface area contributed by atoms with Crippen molar-refractivity contribution in [1.82, 2.24) is 5.32 Å². The van der Waals surface area contributed by atoms with Crippen LogP contribution in [0.3, 0.4) is 0 Å². The predicted octanol–water partition coefficient (Wildman–Crippen LogP) is 0.918. The van der Waals surface area contributed by atoms with E-state index in [9.17, 15) is 14.4 Å². The van der Waals surface area contributed by atoms with Crippen molar-refractivity contribution in [2.24, 2.45) is 0 Å². The van der Waals surface area contributed by atoms with E-state index in [1.54, 1.807) is 20.8 Å². The smallest absolute Gasteiger partial charge is 0.407 e. The van der Waals surface area contributed by atoms with Gasteiger partial charge in [-0.25, -0.2) is 9.59 Å². The fourth-order valence-electron chi connectivity index (χ4n) is 0.887. The molecule has 0 aliphatic rings. The van der Waals surface area contributed by atoms with Crippen molar-refractivity contribution >= 4 is 18.0 Å². The molecule has 0 aliphatic heterocycles. The summed E-state index contributed by atoms with van der Waals surface area (Å²) < 4.78 is 9.51. The molecule has 0 saturated carbocycles. The normalized spacial score (nSPS) is 12.4. The summed E-state index contributed by atoms with van der Waals surface area (Å²) in [6.45, 7) is 6.43. The number of alkyl carbamates (subject to hydrolysis) is 1. The number of carboxylic acids is 1. The molecule has 0 unspecified atom stereocenters. The number of esters is 1. The minimum atomic E-state index is -1.22. The van der Waals surface area contributed by atoms with E-state index >= 15 is 0 Å². The Morgan fingerprint density at radius 1 is 1.28 bits per heavy atom. The van der Waals surface area contributed by atoms with Crippen LogP contribution in [-0.4, -0.2) is 41.4 Å². The van der Waals surface area contributed by atoms with Gasteiger partial charge in [-0.3, -0.25) is 4.79 Å². The highest BCUT2D eigenvalue weighted by Gasteiger charge is 2.18. The lowest BCUT2D eigenvalue weighted by Crippen LogP contribution is -2.34. The first-order valence-corrected chi connectivity index (χ1v) is 5.51. The van der Waals surface area contributed by atoms with Gasteiger partial charge in [-0.15, -0.1) is 0 Å². The van der Waals surface area contributed by atoms with Crippen LogP contribution < -0.4 is 5.32 Å². The fourth-order valence-corrected chi connectivity index (χ4v) is 0.887. The average Bonchev–Trinajstić information content (AvgIpc) is 2.14. The van der Waals surface area contributed by atoms with Gasteiger partial charge in [-0.2, -0.15) is 0 Å². The standard InChI is InChI=1S/C11H19NO6/c1-7(9(14)15)17-8(13)5-6-12-10(16)18-11(2,3)4/h7H,5-6H2,1-4H3,(H,12,16)(H,14,15)/t7-/m0/s1. The summed E-state index contributed by atoms with van der Waals surface area (Å²) in [5, 5.41) is 10.9. The number of amides is 1. The first kappa shape index (κ1) is 16.2. The van der Waals surface area contributed by atoms with E-state index in [2.05, 4.69) is 10.1 Å². The van der Waals surface area contributed by atoms with E-state index in [0.717, 1.165) is 0 Å². The van der Waals surface area contributed by atoms with Gasteiger partial charge >= 0.3 is 18.0 Å². The Hall–Kier alpha value is -1.79. The van der Waals surface area contributed by atoms with E-state index in [4.69, 9.17) is 9.84 Å². The van der Waals surface area contributed by atoms with E-state index in [-0.39, 0.29) is 13.0 Å². The largest absolute Gasteiger partial charge is 0.479 e. The predicted molar refractivity (Wildman–Crippen MR) is 62.0 cm³/mol. The minimum Gasteiger partial charge on any atom is -0.479 e. The Morgan fingerprint density at radius 2 is 1.83 bits per heavy atom. The number of rotatable bonds is 5. The van der Waals surface area contributed by atoms with Crippen LogP contribution in [0.25, 0.3) is 0 Å². The van der Waals surface area contributed by atoms with Crippen LogP contribution >= 0.6 is 0 Å². The average molecular weight is 261 g/mol. The number of carbonyl (C=O) groups excluding carboxylic acids is 2. The Kier molecular flexibility index (Phi) is 6.15. The lowest BCUT2D eigenvalue weighted by Gasteiger charge is -2.19. The van der Waals surface area contributed by atoms with Crippen LogP contribution in [0, 0.1) is 0 Å². The zero-order valence-corrected chi connectivity index (χ0v) is 11.0. The minimum absolute atomic E-state index is 0.0279. The highest BCUT2D eigenvalue weighted by atomic mass is 16.6. The van der Waals surface area contributed by atoms with E-state index in [0.29, 0.717) is 0 Å². The highest BCUT2D eigenvalue weighted by molar-refractivity contribution is 5.78. The summed E-state index contributed by atoms with van der Waals surface area (Å²) >= 11 is 0. The zero-order valence-electron chi connectivity index (χ0n) is 11.0. The Labute approximate surface area is 105 Å². The first-order chi connectivity index (χ1) is 8.11. The molecule has 7 nitrogen and oxygen atoms in total. The second kappa shape index (κ2) is 6.83. The molecule has 104 valence electrons. The van der Waals surface area contributed by atoms with Crippen LogP contribution in [0.2, 0.25) is 0 Å². The number of hydrogen-bond acceptors (Lipinski definition) is 5. The van der Waals surface area contributed by atoms with E-state index in [1.165, 1.54) is 6.92 Å². The molecule has 0 bridgehead atoms. The van der Waals surface area contributed by atoms with Gasteiger partial charge in [0.15, 0.2) is 6.10 Å². The summed E-state index contributed by atoms with van der Waals surface area (Å²) in [6, 6.07) is 0. The molecular formula is C11H19NO6. The molecular weight excluding hydrogens is 242 g/mol. The molecule has 0 rings (SSSR count). The molecule has 0 aliphatic carbocycles. The molecule has 0 spiro atoms. The fraction of sp³-hybridized carbons (Fsp3) is 0.727. The van der Waals surface area contributed by atoms with Crippen molar-refractivity contribution in [2.75, 3.05) is 6.54 Å². The summed E-state index contributed by atoms with van der Waals surface area (Å²) in [5.41, 5.74) is -0.609. The molecule has 0 fully saturated rings. The summed E-state index contributed by atoms with van der Waals surface area (Å²) in [7, 11) is 0. The topological polar surface area (TPSA) is 102 Å². The number of ether oxygens (including phenoxy) is 2. The van der Waals surface area contributed by atoms with Crippen molar-refractivity contribution in [3.05, 3.63) is 0 Å². The van der Waals surface area contributed by atoms with Crippen molar-refractivity contribution in [2.45, 2.75) is 45.8 Å². The van der Waals surface area contributed by atoms with Crippen LogP contribution in [-0.2, 0) is 19.1 Å². The van der Waals surface area contributed by atoms with E-state index in [1.807, 2.05) is 0 Å². The van der Waals surface area contributed by atoms with Crippen LogP contribution in [0.1, 0.15) is 34.1 Å². The first-order valence-electron chi connectivity index (χ1n) is 5.51. The van der Waals surface area contributed by atoms with Crippen molar-refractivity contribution in [1.29, 1.82) is 0 Å². The van der Waals surface area contributed by atoms with Gasteiger partial charge in [0, 0.05) is 6.54 Å². The molecule has 0 aromatic rings. The molecule has 0 aromatic carbocycles. The van der Waals surface area contributed by atoms with Crippen LogP contribution in [0.5, 0.6) is 0 Å². The molecule has 1 amide bonds. The number of hydrogen-bond donors (Lipinski definition) is 2. The van der Waals surface area contributed by atoms with Crippen molar-refractivity contribution in [3.8, 4) is 0 Å². The second-order valence-electron chi connectivity index (χ2n) is 4.65. The quantitative estimate of drug-likeness (QED) is 0.713. The van der Waals surface area contributed by atoms with Crippen molar-refractivity contribution < 1.29 is 29.0 Å². The lowest BCUT2D eigenvalue weighted by molar-refractivity contribution is -0.162. The third kappa shape index (κ3) is 8.37. The maximum atomic E-state index is 11.2. The molecule has 2 N–H and O–H groups in total. The van der Waals surface area contributed by atoms with Crippen LogP contribution in [0.4, 0.5) is 4.79 Å². The van der Waals surface area contributed by atoms with Crippen molar-refractivity contribution in [3.63, 3.8) is 0 Å². The molecule has 0 radical (unpaired) electrons. The zero-order chi connectivity index (χ0) is 14.3. The maximum absolute atomic E-state index is 11.2.